The molecule has 5 rings (SSSR count). The fraction of sp³-hybridized carbons (Fsp3) is 0.300. The molecule has 3 amide bonds. The maximum atomic E-state index is 13.5. The smallest absolute Gasteiger partial charge is 0.270 e. The number of aromatic amines is 1. The Hall–Kier alpha value is -4.44. The third-order valence-electron chi connectivity index (χ3n) is 7.03. The van der Waals surface area contributed by atoms with E-state index in [0.29, 0.717) is 85.5 Å². The van der Waals surface area contributed by atoms with Crippen molar-refractivity contribution in [1.82, 2.24) is 30.1 Å². The SMILES string of the molecule is CC(=O)NCCNc1nc(-c2ccccc2)nc2[nH]c(C(=O)N3CCN(C(=O)CCc4ccccc4Cl)CC3)cc12. The summed E-state index contributed by atoms with van der Waals surface area (Å²) in [7, 11) is 0. The highest BCUT2D eigenvalue weighted by Crippen LogP contribution is 2.26. The van der Waals surface area contributed by atoms with Crippen molar-refractivity contribution >= 4 is 46.2 Å². The molecule has 1 fully saturated rings. The van der Waals surface area contributed by atoms with Crippen LogP contribution in [0.25, 0.3) is 22.4 Å². The van der Waals surface area contributed by atoms with Gasteiger partial charge in [-0.2, -0.15) is 0 Å². The molecule has 2 aromatic heterocycles. The molecule has 0 spiro atoms. The van der Waals surface area contributed by atoms with Crippen LogP contribution in [0.4, 0.5) is 5.82 Å². The molecule has 0 aliphatic carbocycles. The van der Waals surface area contributed by atoms with Crippen molar-refractivity contribution in [2.75, 3.05) is 44.6 Å². The fourth-order valence-electron chi connectivity index (χ4n) is 4.83. The molecule has 0 radical (unpaired) electrons. The summed E-state index contributed by atoms with van der Waals surface area (Å²) in [5.41, 5.74) is 2.75. The number of hydrogen-bond acceptors (Lipinski definition) is 6. The molecule has 3 heterocycles. The molecule has 1 aliphatic heterocycles. The molecule has 0 unspecified atom stereocenters. The minimum Gasteiger partial charge on any atom is -0.368 e. The number of halogens is 1. The van der Waals surface area contributed by atoms with E-state index in [0.717, 1.165) is 11.1 Å². The maximum Gasteiger partial charge on any atom is 0.270 e. The Kier molecular flexibility index (Phi) is 8.79. The van der Waals surface area contributed by atoms with Crippen molar-refractivity contribution < 1.29 is 14.4 Å². The molecular weight excluding hydrogens is 542 g/mol. The summed E-state index contributed by atoms with van der Waals surface area (Å²) in [5.74, 6) is 0.882. The Morgan fingerprint density at radius 2 is 1.63 bits per heavy atom. The quantitative estimate of drug-likeness (QED) is 0.262. The summed E-state index contributed by atoms with van der Waals surface area (Å²) >= 11 is 6.23. The van der Waals surface area contributed by atoms with E-state index in [1.54, 1.807) is 15.9 Å². The Morgan fingerprint density at radius 3 is 2.37 bits per heavy atom. The number of carbonyl (C=O) groups is 3. The van der Waals surface area contributed by atoms with E-state index in [4.69, 9.17) is 16.6 Å². The number of amides is 3. The van der Waals surface area contributed by atoms with Crippen molar-refractivity contribution in [2.24, 2.45) is 0 Å². The molecular formula is C30H32ClN7O3. The monoisotopic (exact) mass is 573 g/mol. The van der Waals surface area contributed by atoms with Crippen LogP contribution in [0.2, 0.25) is 5.02 Å². The molecule has 212 valence electrons. The van der Waals surface area contributed by atoms with Crippen LogP contribution in [0.1, 0.15) is 29.4 Å². The van der Waals surface area contributed by atoms with E-state index >= 15 is 0 Å². The van der Waals surface area contributed by atoms with Gasteiger partial charge in [-0.05, 0) is 24.1 Å². The zero-order valence-electron chi connectivity index (χ0n) is 22.8. The number of carbonyl (C=O) groups excluding carboxylic acids is 3. The predicted molar refractivity (Wildman–Crippen MR) is 159 cm³/mol. The van der Waals surface area contributed by atoms with Crippen molar-refractivity contribution in [3.8, 4) is 11.4 Å². The molecule has 0 saturated carbocycles. The standard InChI is InChI=1S/C30H32ClN7O3/c1-20(39)32-13-14-33-28-23-19-25(34-29(23)36-27(35-28)22-8-3-2-4-9-22)30(41)38-17-15-37(16-18-38)26(40)12-11-21-7-5-6-10-24(21)31/h2-10,19H,11-18H2,1H3,(H,32,39)(H2,33,34,35,36). The first-order valence-corrected chi connectivity index (χ1v) is 14.0. The lowest BCUT2D eigenvalue weighted by atomic mass is 10.1. The molecule has 1 aliphatic rings. The number of benzene rings is 2. The Labute approximate surface area is 243 Å². The number of H-pyrrole nitrogens is 1. The van der Waals surface area contributed by atoms with E-state index in [-0.39, 0.29) is 17.7 Å². The van der Waals surface area contributed by atoms with Crippen molar-refractivity contribution in [3.05, 3.63) is 76.9 Å². The summed E-state index contributed by atoms with van der Waals surface area (Å²) in [6.07, 6.45) is 0.958. The first kappa shape index (κ1) is 28.1. The van der Waals surface area contributed by atoms with E-state index < -0.39 is 0 Å². The number of fused-ring (bicyclic) bond motifs is 1. The molecule has 1 saturated heterocycles. The first-order chi connectivity index (χ1) is 19.9. The van der Waals surface area contributed by atoms with Crippen LogP contribution in [0.15, 0.2) is 60.7 Å². The van der Waals surface area contributed by atoms with Crippen LogP contribution >= 0.6 is 11.6 Å². The van der Waals surface area contributed by atoms with Gasteiger partial charge in [-0.3, -0.25) is 14.4 Å². The highest BCUT2D eigenvalue weighted by atomic mass is 35.5. The van der Waals surface area contributed by atoms with Gasteiger partial charge in [-0.1, -0.05) is 60.1 Å². The van der Waals surface area contributed by atoms with Gasteiger partial charge in [-0.25, -0.2) is 9.97 Å². The number of rotatable bonds is 9. The van der Waals surface area contributed by atoms with Gasteiger partial charge in [-0.15, -0.1) is 0 Å². The number of nitrogens with one attached hydrogen (secondary N) is 3. The lowest BCUT2D eigenvalue weighted by molar-refractivity contribution is -0.132. The van der Waals surface area contributed by atoms with E-state index in [1.165, 1.54) is 6.92 Å². The van der Waals surface area contributed by atoms with Crippen molar-refractivity contribution in [1.29, 1.82) is 0 Å². The van der Waals surface area contributed by atoms with Gasteiger partial charge in [0, 0.05) is 63.2 Å². The van der Waals surface area contributed by atoms with Crippen LogP contribution in [0, 0.1) is 0 Å². The lowest BCUT2D eigenvalue weighted by Crippen LogP contribution is -2.50. The van der Waals surface area contributed by atoms with Gasteiger partial charge >= 0.3 is 0 Å². The molecule has 41 heavy (non-hydrogen) atoms. The summed E-state index contributed by atoms with van der Waals surface area (Å²) in [4.78, 5) is 53.7. The Bertz CT molecular complexity index is 1550. The van der Waals surface area contributed by atoms with Gasteiger partial charge in [0.1, 0.15) is 17.2 Å². The van der Waals surface area contributed by atoms with Crippen LogP contribution in [0.3, 0.4) is 0 Å². The van der Waals surface area contributed by atoms with Crippen molar-refractivity contribution in [2.45, 2.75) is 19.8 Å². The molecule has 4 aromatic rings. The number of anilines is 1. The van der Waals surface area contributed by atoms with Gasteiger partial charge in [0.15, 0.2) is 5.82 Å². The maximum absolute atomic E-state index is 13.5. The minimum absolute atomic E-state index is 0.0568. The van der Waals surface area contributed by atoms with Crippen LogP contribution in [-0.4, -0.2) is 81.7 Å². The van der Waals surface area contributed by atoms with Gasteiger partial charge in [0.05, 0.1) is 5.39 Å². The predicted octanol–water partition coefficient (Wildman–Crippen LogP) is 3.74. The van der Waals surface area contributed by atoms with Crippen LogP contribution in [0.5, 0.6) is 0 Å². The zero-order valence-corrected chi connectivity index (χ0v) is 23.6. The molecule has 3 N–H and O–H groups in total. The minimum atomic E-state index is -0.156. The zero-order chi connectivity index (χ0) is 28.8. The van der Waals surface area contributed by atoms with E-state index in [2.05, 4.69) is 20.6 Å². The molecule has 0 bridgehead atoms. The average molecular weight is 574 g/mol. The lowest BCUT2D eigenvalue weighted by Gasteiger charge is -2.34. The van der Waals surface area contributed by atoms with Crippen LogP contribution < -0.4 is 10.6 Å². The second-order valence-corrected chi connectivity index (χ2v) is 10.3. The summed E-state index contributed by atoms with van der Waals surface area (Å²) in [6, 6.07) is 18.9. The summed E-state index contributed by atoms with van der Waals surface area (Å²) in [6.45, 7) is 4.18. The largest absolute Gasteiger partial charge is 0.368 e. The fourth-order valence-corrected chi connectivity index (χ4v) is 5.06. The number of hydrogen-bond donors (Lipinski definition) is 3. The Balaban J connectivity index is 1.27. The normalized spacial score (nSPS) is 13.3. The second kappa shape index (κ2) is 12.8. The van der Waals surface area contributed by atoms with Gasteiger partial charge in [0.2, 0.25) is 11.8 Å². The Morgan fingerprint density at radius 1 is 0.927 bits per heavy atom. The average Bonchev–Trinajstić information content (AvgIpc) is 3.43. The third-order valence-corrected chi connectivity index (χ3v) is 7.40. The number of nitrogens with zero attached hydrogens (tertiary/aromatic N) is 4. The highest BCUT2D eigenvalue weighted by Gasteiger charge is 2.26. The van der Waals surface area contributed by atoms with Gasteiger partial charge < -0.3 is 25.4 Å². The number of aromatic nitrogens is 3. The van der Waals surface area contributed by atoms with Gasteiger partial charge in [0.25, 0.3) is 5.91 Å². The van der Waals surface area contributed by atoms with Crippen LogP contribution in [-0.2, 0) is 16.0 Å². The van der Waals surface area contributed by atoms with E-state index in [1.807, 2.05) is 54.6 Å². The number of piperazine rings is 1. The topological polar surface area (TPSA) is 123 Å². The molecule has 2 aromatic carbocycles. The second-order valence-electron chi connectivity index (χ2n) is 9.88. The summed E-state index contributed by atoms with van der Waals surface area (Å²) < 4.78 is 0. The number of aryl methyl sites for hydroxylation is 1. The van der Waals surface area contributed by atoms with Crippen molar-refractivity contribution in [3.63, 3.8) is 0 Å². The van der Waals surface area contributed by atoms with E-state index in [9.17, 15) is 14.4 Å². The third kappa shape index (κ3) is 6.83. The summed E-state index contributed by atoms with van der Waals surface area (Å²) in [5, 5.41) is 7.38. The first-order valence-electron chi connectivity index (χ1n) is 13.6. The molecule has 11 heteroatoms. The molecule has 0 atom stereocenters. The molecule has 10 nitrogen and oxygen atoms in total. The highest BCUT2D eigenvalue weighted by molar-refractivity contribution is 6.31.